The zero-order valence-corrected chi connectivity index (χ0v) is 14.0. The Hall–Kier alpha value is -2.05. The maximum Gasteiger partial charge on any atom is 0.184 e. The lowest BCUT2D eigenvalue weighted by atomic mass is 9.89. The number of carbonyl (C=O) groups excluding carboxylic acids is 1. The van der Waals surface area contributed by atoms with E-state index < -0.39 is 24.4 Å². The van der Waals surface area contributed by atoms with Gasteiger partial charge in [-0.05, 0) is 37.0 Å². The van der Waals surface area contributed by atoms with Gasteiger partial charge in [0, 0.05) is 5.57 Å². The van der Waals surface area contributed by atoms with Gasteiger partial charge < -0.3 is 20.4 Å². The van der Waals surface area contributed by atoms with E-state index in [9.17, 15) is 20.1 Å². The predicted octanol–water partition coefficient (Wildman–Crippen LogP) is 1.08. The van der Waals surface area contributed by atoms with Gasteiger partial charge in [-0.3, -0.25) is 4.79 Å². The van der Waals surface area contributed by atoms with Crippen molar-refractivity contribution in [1.82, 2.24) is 0 Å². The smallest absolute Gasteiger partial charge is 0.184 e. The number of ketones is 1. The molecule has 0 amide bonds. The topological polar surface area (TPSA) is 98.0 Å². The Labute approximate surface area is 147 Å². The zero-order chi connectivity index (χ0) is 18.3. The third kappa shape index (κ3) is 5.21. The molecule has 1 aromatic rings. The van der Waals surface area contributed by atoms with Gasteiger partial charge in [0.2, 0.25) is 0 Å². The van der Waals surface area contributed by atoms with Crippen LogP contribution in [0.3, 0.4) is 0 Å². The number of rotatable bonds is 8. The first-order valence-electron chi connectivity index (χ1n) is 8.32. The number of benzene rings is 1. The minimum absolute atomic E-state index is 0.238. The van der Waals surface area contributed by atoms with Crippen molar-refractivity contribution in [2.75, 3.05) is 6.61 Å². The van der Waals surface area contributed by atoms with Crippen LogP contribution in [0, 0.1) is 0 Å². The Morgan fingerprint density at radius 3 is 2.56 bits per heavy atom. The van der Waals surface area contributed by atoms with Crippen LogP contribution in [0.5, 0.6) is 0 Å². The van der Waals surface area contributed by atoms with Gasteiger partial charge in [0.1, 0.15) is 17.8 Å². The molecule has 0 aliphatic heterocycles. The van der Waals surface area contributed by atoms with E-state index in [0.717, 1.165) is 6.42 Å². The van der Waals surface area contributed by atoms with E-state index in [4.69, 9.17) is 5.11 Å². The number of hydrogen-bond donors (Lipinski definition) is 4. The Bertz CT molecular complexity index is 662. The highest BCUT2D eigenvalue weighted by atomic mass is 16.4. The van der Waals surface area contributed by atoms with Gasteiger partial charge >= 0.3 is 0 Å². The van der Waals surface area contributed by atoms with Gasteiger partial charge in [0.15, 0.2) is 5.78 Å². The minimum atomic E-state index is -1.32. The molecule has 4 N–H and O–H groups in total. The van der Waals surface area contributed by atoms with Crippen molar-refractivity contribution in [3.05, 3.63) is 71.8 Å². The molecule has 0 saturated carbocycles. The maximum atomic E-state index is 12.0. The van der Waals surface area contributed by atoms with Crippen molar-refractivity contribution >= 4 is 5.78 Å². The molecular weight excluding hydrogens is 320 g/mol. The van der Waals surface area contributed by atoms with E-state index in [-0.39, 0.29) is 11.4 Å². The van der Waals surface area contributed by atoms with Crippen LogP contribution in [0.4, 0.5) is 0 Å². The van der Waals surface area contributed by atoms with Crippen LogP contribution in [0.2, 0.25) is 0 Å². The summed E-state index contributed by atoms with van der Waals surface area (Å²) in [5, 5.41) is 38.4. The number of allylic oxidation sites excluding steroid dienone is 3. The third-order valence-corrected chi connectivity index (χ3v) is 4.26. The fourth-order valence-corrected chi connectivity index (χ4v) is 2.76. The van der Waals surface area contributed by atoms with Crippen LogP contribution in [-0.4, -0.2) is 50.6 Å². The zero-order valence-electron chi connectivity index (χ0n) is 14.0. The molecule has 0 spiro atoms. The molecule has 0 saturated heterocycles. The molecule has 1 aliphatic carbocycles. The number of hydrogen-bond acceptors (Lipinski definition) is 5. The lowest BCUT2D eigenvalue weighted by Crippen LogP contribution is -2.28. The highest BCUT2D eigenvalue weighted by molar-refractivity contribution is 6.09. The van der Waals surface area contributed by atoms with Gasteiger partial charge in [0.05, 0.1) is 6.61 Å². The summed E-state index contributed by atoms with van der Waals surface area (Å²) < 4.78 is 0. The Balaban J connectivity index is 1.99. The Kier molecular flexibility index (Phi) is 6.84. The van der Waals surface area contributed by atoms with Crippen molar-refractivity contribution in [2.45, 2.75) is 37.1 Å². The monoisotopic (exact) mass is 344 g/mol. The first-order valence-corrected chi connectivity index (χ1v) is 8.32. The largest absolute Gasteiger partial charge is 0.394 e. The first-order chi connectivity index (χ1) is 12.0. The average molecular weight is 344 g/mol. The summed E-state index contributed by atoms with van der Waals surface area (Å²) in [5.74, 6) is -0.274. The number of carbonyl (C=O) groups is 1. The van der Waals surface area contributed by atoms with Gasteiger partial charge in [-0.2, -0.15) is 0 Å². The summed E-state index contributed by atoms with van der Waals surface area (Å²) in [7, 11) is 0. The highest BCUT2D eigenvalue weighted by Gasteiger charge is 2.36. The fourth-order valence-electron chi connectivity index (χ4n) is 2.76. The van der Waals surface area contributed by atoms with Crippen molar-refractivity contribution in [2.24, 2.45) is 0 Å². The second kappa shape index (κ2) is 8.87. The first kappa shape index (κ1) is 19.3. The molecule has 25 heavy (non-hydrogen) atoms. The highest BCUT2D eigenvalue weighted by Crippen LogP contribution is 2.31. The van der Waals surface area contributed by atoms with Crippen LogP contribution in [0.25, 0.3) is 0 Å². The van der Waals surface area contributed by atoms with Gasteiger partial charge in [-0.15, -0.1) is 0 Å². The van der Waals surface area contributed by atoms with Gasteiger partial charge in [0.25, 0.3) is 0 Å². The average Bonchev–Trinajstić information content (AvgIpc) is 2.90. The van der Waals surface area contributed by atoms with E-state index in [1.54, 1.807) is 0 Å². The number of aliphatic hydroxyl groups excluding tert-OH is 3. The van der Waals surface area contributed by atoms with E-state index >= 15 is 0 Å². The summed E-state index contributed by atoms with van der Waals surface area (Å²) >= 11 is 0. The van der Waals surface area contributed by atoms with Crippen molar-refractivity contribution in [1.29, 1.82) is 0 Å². The van der Waals surface area contributed by atoms with Gasteiger partial charge in [-0.1, -0.05) is 48.6 Å². The fraction of sp³-hybridized carbons (Fsp3) is 0.350. The molecular formula is C20H24O5. The molecule has 134 valence electrons. The summed E-state index contributed by atoms with van der Waals surface area (Å²) in [6.07, 6.45) is 6.37. The molecule has 1 aromatic carbocycles. The molecule has 0 bridgehead atoms. The second-order valence-corrected chi connectivity index (χ2v) is 6.17. The number of aliphatic hydroxyl groups is 4. The van der Waals surface area contributed by atoms with Crippen LogP contribution in [-0.2, 0) is 11.2 Å². The molecule has 0 aromatic heterocycles. The Morgan fingerprint density at radius 2 is 1.88 bits per heavy atom. The van der Waals surface area contributed by atoms with Gasteiger partial charge in [-0.25, -0.2) is 0 Å². The molecule has 1 aliphatic rings. The van der Waals surface area contributed by atoms with Crippen molar-refractivity contribution in [3.8, 4) is 0 Å². The summed E-state index contributed by atoms with van der Waals surface area (Å²) in [6.45, 7) is -0.564. The Morgan fingerprint density at radius 1 is 1.16 bits per heavy atom. The molecule has 0 heterocycles. The van der Waals surface area contributed by atoms with E-state index in [1.807, 2.05) is 30.3 Å². The second-order valence-electron chi connectivity index (χ2n) is 6.17. The molecule has 3 atom stereocenters. The minimum Gasteiger partial charge on any atom is -0.394 e. The molecule has 0 fully saturated rings. The maximum absolute atomic E-state index is 12.0. The standard InChI is InChI=1S/C20H24O5/c21-14-19(24)18(23)10-4-9-16-17(22)11-13-20(16,25)12-5-8-15-6-2-1-3-7-15/h1-4,6-7,9-11,13,18-19,21,23-25H,5,8,12,14H2/b10-4+,16-9+. The summed E-state index contributed by atoms with van der Waals surface area (Å²) in [6, 6.07) is 9.92. The molecule has 3 unspecified atom stereocenters. The lowest BCUT2D eigenvalue weighted by molar-refractivity contribution is -0.112. The lowest BCUT2D eigenvalue weighted by Gasteiger charge is -2.22. The SMILES string of the molecule is O=C1C=CC(O)(CCCc2ccccc2)/C1=C/C=C/C(O)C(O)CO. The van der Waals surface area contributed by atoms with Crippen LogP contribution < -0.4 is 0 Å². The van der Waals surface area contributed by atoms with Crippen LogP contribution >= 0.6 is 0 Å². The normalized spacial score (nSPS) is 24.3. The van der Waals surface area contributed by atoms with E-state index in [2.05, 4.69) is 0 Å². The van der Waals surface area contributed by atoms with Crippen molar-refractivity contribution < 1.29 is 25.2 Å². The quantitative estimate of drug-likeness (QED) is 0.529. The summed E-state index contributed by atoms with van der Waals surface area (Å²) in [4.78, 5) is 12.0. The van der Waals surface area contributed by atoms with Crippen LogP contribution in [0.1, 0.15) is 18.4 Å². The molecule has 0 radical (unpaired) electrons. The van der Waals surface area contributed by atoms with Crippen molar-refractivity contribution in [3.63, 3.8) is 0 Å². The third-order valence-electron chi connectivity index (χ3n) is 4.26. The molecule has 2 rings (SSSR count). The van der Waals surface area contributed by atoms with E-state index in [0.29, 0.717) is 12.8 Å². The molecule has 5 nitrogen and oxygen atoms in total. The van der Waals surface area contributed by atoms with E-state index in [1.165, 1.54) is 35.9 Å². The number of aryl methyl sites for hydroxylation is 1. The molecule has 5 heteroatoms. The summed E-state index contributed by atoms with van der Waals surface area (Å²) in [5.41, 5.74) is 0.0879. The van der Waals surface area contributed by atoms with Crippen LogP contribution in [0.15, 0.2) is 66.3 Å². The predicted molar refractivity (Wildman–Crippen MR) is 94.8 cm³/mol.